The summed E-state index contributed by atoms with van der Waals surface area (Å²) in [7, 11) is 0. The molecular weight excluding hydrogens is 417 g/mol. The van der Waals surface area contributed by atoms with Gasteiger partial charge in [0.15, 0.2) is 6.61 Å². The largest absolute Gasteiger partial charge is 0.453 e. The highest BCUT2D eigenvalue weighted by Gasteiger charge is 2.28. The van der Waals surface area contributed by atoms with E-state index in [1.807, 2.05) is 26.0 Å². The van der Waals surface area contributed by atoms with Crippen LogP contribution in [0.25, 0.3) is 0 Å². The van der Waals surface area contributed by atoms with Gasteiger partial charge in [0.2, 0.25) is 17.6 Å². The molecule has 8 nitrogen and oxygen atoms in total. The molecule has 0 fully saturated rings. The molecule has 0 spiro atoms. The van der Waals surface area contributed by atoms with Gasteiger partial charge in [-0.05, 0) is 49.2 Å². The van der Waals surface area contributed by atoms with E-state index >= 15 is 0 Å². The van der Waals surface area contributed by atoms with E-state index in [2.05, 4.69) is 10.4 Å². The molecule has 1 aliphatic rings. The van der Waals surface area contributed by atoms with Crippen LogP contribution in [0.3, 0.4) is 0 Å². The number of carbonyl (C=O) groups excluding carboxylic acids is 4. The van der Waals surface area contributed by atoms with E-state index in [1.165, 1.54) is 24.1 Å². The molecule has 0 saturated carbocycles. The number of anilines is 2. The van der Waals surface area contributed by atoms with Crippen LogP contribution < -0.4 is 10.3 Å². The lowest BCUT2D eigenvalue weighted by Gasteiger charge is -2.24. The van der Waals surface area contributed by atoms with Crippen molar-refractivity contribution >= 4 is 40.7 Å². The van der Waals surface area contributed by atoms with Gasteiger partial charge in [-0.2, -0.15) is 10.1 Å². The molecule has 166 valence electrons. The van der Waals surface area contributed by atoms with Crippen molar-refractivity contribution in [2.24, 2.45) is 5.10 Å². The zero-order valence-corrected chi connectivity index (χ0v) is 17.9. The van der Waals surface area contributed by atoms with Gasteiger partial charge in [0.05, 0.1) is 11.3 Å². The summed E-state index contributed by atoms with van der Waals surface area (Å²) in [5.74, 6) is -3.08. The Balaban J connectivity index is 1.70. The average molecular weight is 439 g/mol. The number of halogens is 1. The number of ketones is 1. The van der Waals surface area contributed by atoms with Crippen LogP contribution in [0.15, 0.2) is 41.5 Å². The number of hydrogen-bond acceptors (Lipinski definition) is 6. The summed E-state index contributed by atoms with van der Waals surface area (Å²) < 4.78 is 19.2. The first-order valence-electron chi connectivity index (χ1n) is 9.91. The van der Waals surface area contributed by atoms with E-state index in [0.29, 0.717) is 5.69 Å². The molecule has 0 unspecified atom stereocenters. The minimum Gasteiger partial charge on any atom is -0.453 e. The molecule has 0 saturated heterocycles. The van der Waals surface area contributed by atoms with Gasteiger partial charge in [-0.3, -0.25) is 14.4 Å². The summed E-state index contributed by atoms with van der Waals surface area (Å²) in [4.78, 5) is 48.1. The fourth-order valence-electron chi connectivity index (χ4n) is 3.15. The van der Waals surface area contributed by atoms with Gasteiger partial charge in [0, 0.05) is 25.5 Å². The number of rotatable bonds is 6. The summed E-state index contributed by atoms with van der Waals surface area (Å²) in [5.41, 5.74) is 2.24. The second-order valence-corrected chi connectivity index (χ2v) is 7.42. The fraction of sp³-hybridized carbons (Fsp3) is 0.261. The quantitative estimate of drug-likeness (QED) is 0.549. The van der Waals surface area contributed by atoms with E-state index in [-0.39, 0.29) is 41.6 Å². The Bertz CT molecular complexity index is 1140. The van der Waals surface area contributed by atoms with Gasteiger partial charge < -0.3 is 10.1 Å². The second-order valence-electron chi connectivity index (χ2n) is 7.42. The van der Waals surface area contributed by atoms with Gasteiger partial charge in [0.25, 0.3) is 0 Å². The lowest BCUT2D eigenvalue weighted by atomic mass is 10.1. The lowest BCUT2D eigenvalue weighted by Crippen LogP contribution is -2.35. The first-order valence-corrected chi connectivity index (χ1v) is 9.91. The predicted molar refractivity (Wildman–Crippen MR) is 116 cm³/mol. The van der Waals surface area contributed by atoms with Gasteiger partial charge in [-0.25, -0.2) is 9.18 Å². The highest BCUT2D eigenvalue weighted by molar-refractivity contribution is 6.38. The molecule has 1 heterocycles. The van der Waals surface area contributed by atoms with Crippen molar-refractivity contribution in [2.75, 3.05) is 16.9 Å². The van der Waals surface area contributed by atoms with Crippen molar-refractivity contribution in [1.82, 2.24) is 0 Å². The third-order valence-corrected chi connectivity index (χ3v) is 4.79. The standard InChI is InChI=1S/C23H22FN3O5/c1-13-4-5-14(2)20(10-13)27-22(30)9-8-19(26-27)23(31)32-12-21(29)17-7-6-16(11-18(17)24)25-15(3)28/h4-7,10-11H,8-9,12H2,1-3H3,(H,25,28). The second kappa shape index (κ2) is 9.51. The van der Waals surface area contributed by atoms with Crippen molar-refractivity contribution in [2.45, 2.75) is 33.6 Å². The molecule has 0 atom stereocenters. The molecule has 0 aliphatic carbocycles. The summed E-state index contributed by atoms with van der Waals surface area (Å²) in [6.07, 6.45) is 0.140. The lowest BCUT2D eigenvalue weighted by molar-refractivity contribution is -0.134. The molecular formula is C23H22FN3O5. The Morgan fingerprint density at radius 2 is 1.88 bits per heavy atom. The summed E-state index contributed by atoms with van der Waals surface area (Å²) in [6.45, 7) is 4.29. The monoisotopic (exact) mass is 439 g/mol. The maximum atomic E-state index is 14.2. The summed E-state index contributed by atoms with van der Waals surface area (Å²) >= 11 is 0. The van der Waals surface area contributed by atoms with Crippen LogP contribution in [0.1, 0.15) is 41.3 Å². The van der Waals surface area contributed by atoms with Crippen LogP contribution in [0, 0.1) is 19.7 Å². The average Bonchev–Trinajstić information content (AvgIpc) is 2.73. The maximum absolute atomic E-state index is 14.2. The van der Waals surface area contributed by atoms with Crippen molar-refractivity contribution in [3.05, 3.63) is 58.9 Å². The van der Waals surface area contributed by atoms with Crippen LogP contribution >= 0.6 is 0 Å². The fourth-order valence-corrected chi connectivity index (χ4v) is 3.15. The smallest absolute Gasteiger partial charge is 0.354 e. The van der Waals surface area contributed by atoms with Crippen LogP contribution in [0.5, 0.6) is 0 Å². The third-order valence-electron chi connectivity index (χ3n) is 4.79. The van der Waals surface area contributed by atoms with Crippen LogP contribution in [-0.4, -0.2) is 35.9 Å². The number of nitrogens with one attached hydrogen (secondary N) is 1. The molecule has 9 heteroatoms. The summed E-state index contributed by atoms with van der Waals surface area (Å²) in [5, 5.41) is 7.72. The Morgan fingerprint density at radius 1 is 1.12 bits per heavy atom. The number of aryl methyl sites for hydroxylation is 2. The number of Topliss-reactive ketones (excluding diaryl/α,β-unsaturated/α-hetero) is 1. The van der Waals surface area contributed by atoms with E-state index in [0.717, 1.165) is 17.2 Å². The highest BCUT2D eigenvalue weighted by Crippen LogP contribution is 2.25. The predicted octanol–water partition coefficient (Wildman–Crippen LogP) is 3.31. The number of benzene rings is 2. The molecule has 3 rings (SSSR count). The van der Waals surface area contributed by atoms with Crippen molar-refractivity contribution < 1.29 is 28.3 Å². The van der Waals surface area contributed by atoms with Crippen LogP contribution in [0.4, 0.5) is 15.8 Å². The molecule has 0 aromatic heterocycles. The van der Waals surface area contributed by atoms with Crippen molar-refractivity contribution in [1.29, 1.82) is 0 Å². The maximum Gasteiger partial charge on any atom is 0.354 e. The van der Waals surface area contributed by atoms with E-state index < -0.39 is 24.2 Å². The highest BCUT2D eigenvalue weighted by atomic mass is 19.1. The minimum atomic E-state index is -0.851. The van der Waals surface area contributed by atoms with E-state index in [9.17, 15) is 23.6 Å². The number of nitrogens with zero attached hydrogens (tertiary/aromatic N) is 2. The first-order chi connectivity index (χ1) is 15.2. The SMILES string of the molecule is CC(=O)Nc1ccc(C(=O)COC(=O)C2=NN(c3cc(C)ccc3C)C(=O)CC2)c(F)c1. The molecule has 2 amide bonds. The van der Waals surface area contributed by atoms with Gasteiger partial charge in [-0.1, -0.05) is 12.1 Å². The topological polar surface area (TPSA) is 105 Å². The Hall–Kier alpha value is -3.88. The van der Waals surface area contributed by atoms with E-state index in [4.69, 9.17) is 4.74 Å². The molecule has 2 aromatic rings. The molecule has 0 bridgehead atoms. The Labute approximate surface area is 184 Å². The molecule has 0 radical (unpaired) electrons. The molecule has 1 N–H and O–H groups in total. The number of carbonyl (C=O) groups is 4. The zero-order chi connectivity index (χ0) is 23.4. The number of hydrogen-bond donors (Lipinski definition) is 1. The molecule has 2 aromatic carbocycles. The number of hydrazone groups is 1. The van der Waals surface area contributed by atoms with Crippen LogP contribution in [-0.2, 0) is 19.1 Å². The van der Waals surface area contributed by atoms with Gasteiger partial charge in [0.1, 0.15) is 11.5 Å². The third kappa shape index (κ3) is 5.23. The van der Waals surface area contributed by atoms with Gasteiger partial charge >= 0.3 is 5.97 Å². The zero-order valence-electron chi connectivity index (χ0n) is 17.9. The number of esters is 1. The molecule has 32 heavy (non-hydrogen) atoms. The normalized spacial score (nSPS) is 13.4. The van der Waals surface area contributed by atoms with Crippen LogP contribution in [0.2, 0.25) is 0 Å². The minimum absolute atomic E-state index is 0.000200. The summed E-state index contributed by atoms with van der Waals surface area (Å²) in [6, 6.07) is 9.13. The molecule has 1 aliphatic heterocycles. The Kier molecular flexibility index (Phi) is 6.77. The van der Waals surface area contributed by atoms with Crippen molar-refractivity contribution in [3.63, 3.8) is 0 Å². The van der Waals surface area contributed by atoms with Crippen molar-refractivity contribution in [3.8, 4) is 0 Å². The van der Waals surface area contributed by atoms with Gasteiger partial charge in [-0.15, -0.1) is 0 Å². The Morgan fingerprint density at radius 3 is 2.56 bits per heavy atom. The first kappa shape index (κ1) is 22.8. The number of ether oxygens (including phenoxy) is 1. The number of amides is 2. The van der Waals surface area contributed by atoms with E-state index in [1.54, 1.807) is 6.07 Å².